The summed E-state index contributed by atoms with van der Waals surface area (Å²) in [5.74, 6) is 6.64. The molecule has 0 radical (unpaired) electrons. The van der Waals surface area contributed by atoms with E-state index in [0.29, 0.717) is 29.7 Å². The van der Waals surface area contributed by atoms with Crippen molar-refractivity contribution < 1.29 is 9.53 Å². The van der Waals surface area contributed by atoms with Crippen molar-refractivity contribution in [1.82, 2.24) is 4.90 Å². The second-order valence-corrected chi connectivity index (χ2v) is 8.73. The number of benzene rings is 2. The molecule has 3 rings (SSSR count). The van der Waals surface area contributed by atoms with Gasteiger partial charge in [0.1, 0.15) is 5.60 Å². The van der Waals surface area contributed by atoms with Crippen molar-refractivity contribution in [3.05, 3.63) is 64.2 Å². The Labute approximate surface area is 178 Å². The lowest BCUT2D eigenvalue weighted by Crippen LogP contribution is -2.41. The molecule has 0 aliphatic carbocycles. The fourth-order valence-electron chi connectivity index (χ4n) is 3.36. The Kier molecular flexibility index (Phi) is 6.39. The lowest BCUT2D eigenvalue weighted by atomic mass is 9.88. The van der Waals surface area contributed by atoms with Crippen LogP contribution in [0, 0.1) is 11.8 Å². The number of nitrogens with zero attached hydrogens (tertiary/aromatic N) is 1. The van der Waals surface area contributed by atoms with E-state index in [1.807, 2.05) is 51.1 Å². The third-order valence-corrected chi connectivity index (χ3v) is 5.23. The number of carbonyl (C=O) groups is 1. The molecule has 1 aliphatic heterocycles. The average molecular weight is 411 g/mol. The van der Waals surface area contributed by atoms with Gasteiger partial charge in [-0.15, -0.1) is 0 Å². The van der Waals surface area contributed by atoms with Crippen LogP contribution in [0.3, 0.4) is 0 Å². The Balaban J connectivity index is 1.70. The Morgan fingerprint density at radius 2 is 1.76 bits per heavy atom. The number of ether oxygens (including phenoxy) is 1. The number of hydrogen-bond acceptors (Lipinski definition) is 3. The topological polar surface area (TPSA) is 55.6 Å². The molecule has 0 spiro atoms. The van der Waals surface area contributed by atoms with Gasteiger partial charge in [-0.3, -0.25) is 0 Å². The molecule has 1 heterocycles. The first-order chi connectivity index (χ1) is 13.7. The van der Waals surface area contributed by atoms with Gasteiger partial charge >= 0.3 is 6.09 Å². The number of rotatable bonds is 1. The molecule has 5 heteroatoms. The van der Waals surface area contributed by atoms with Crippen LogP contribution in [-0.2, 0) is 4.74 Å². The van der Waals surface area contributed by atoms with Gasteiger partial charge < -0.3 is 15.4 Å². The molecule has 0 bridgehead atoms. The van der Waals surface area contributed by atoms with Crippen LogP contribution >= 0.6 is 11.6 Å². The van der Waals surface area contributed by atoms with E-state index in [-0.39, 0.29) is 6.09 Å². The highest BCUT2D eigenvalue weighted by atomic mass is 35.5. The van der Waals surface area contributed by atoms with E-state index in [1.165, 1.54) is 5.56 Å². The molecular formula is C24H27ClN2O2. The van der Waals surface area contributed by atoms with E-state index in [0.717, 1.165) is 24.0 Å². The molecule has 152 valence electrons. The molecule has 2 aromatic carbocycles. The maximum atomic E-state index is 12.3. The van der Waals surface area contributed by atoms with E-state index in [1.54, 1.807) is 4.90 Å². The molecule has 0 aromatic heterocycles. The summed E-state index contributed by atoms with van der Waals surface area (Å²) in [4.78, 5) is 14.1. The molecule has 0 atom stereocenters. The quantitative estimate of drug-likeness (QED) is 0.503. The van der Waals surface area contributed by atoms with Gasteiger partial charge in [0.15, 0.2) is 0 Å². The molecule has 1 fully saturated rings. The van der Waals surface area contributed by atoms with Gasteiger partial charge in [0.2, 0.25) is 0 Å². The molecule has 1 amide bonds. The van der Waals surface area contributed by atoms with Crippen molar-refractivity contribution in [2.24, 2.45) is 0 Å². The summed E-state index contributed by atoms with van der Waals surface area (Å²) < 4.78 is 5.48. The zero-order valence-corrected chi connectivity index (χ0v) is 17.9. The molecule has 2 N–H and O–H groups in total. The van der Waals surface area contributed by atoms with Crippen LogP contribution in [0.25, 0.3) is 0 Å². The molecule has 29 heavy (non-hydrogen) atoms. The Morgan fingerprint density at radius 1 is 1.10 bits per heavy atom. The number of nitrogen functional groups attached to an aromatic ring is 1. The van der Waals surface area contributed by atoms with E-state index in [9.17, 15) is 4.79 Å². The number of carbonyl (C=O) groups excluding carboxylic acids is 1. The number of halogens is 1. The smallest absolute Gasteiger partial charge is 0.410 e. The summed E-state index contributed by atoms with van der Waals surface area (Å²) in [5.41, 5.74) is 9.10. The van der Waals surface area contributed by atoms with E-state index in [4.69, 9.17) is 22.1 Å². The first kappa shape index (κ1) is 21.1. The van der Waals surface area contributed by atoms with Gasteiger partial charge in [0.05, 0.1) is 5.02 Å². The number of piperidine rings is 1. The van der Waals surface area contributed by atoms with Crippen LogP contribution in [0.1, 0.15) is 56.2 Å². The summed E-state index contributed by atoms with van der Waals surface area (Å²) in [6.07, 6.45) is 1.54. The average Bonchev–Trinajstić information content (AvgIpc) is 2.67. The van der Waals surface area contributed by atoms with Crippen LogP contribution < -0.4 is 5.73 Å². The zero-order chi connectivity index (χ0) is 21.0. The van der Waals surface area contributed by atoms with Crippen LogP contribution in [0.5, 0.6) is 0 Å². The molecule has 2 aromatic rings. The summed E-state index contributed by atoms with van der Waals surface area (Å²) in [6, 6.07) is 13.5. The Morgan fingerprint density at radius 3 is 2.41 bits per heavy atom. The van der Waals surface area contributed by atoms with Crippen molar-refractivity contribution in [3.8, 4) is 11.8 Å². The normalized spacial score (nSPS) is 14.8. The van der Waals surface area contributed by atoms with Crippen molar-refractivity contribution in [2.45, 2.75) is 45.1 Å². The summed E-state index contributed by atoms with van der Waals surface area (Å²) in [7, 11) is 0. The summed E-state index contributed by atoms with van der Waals surface area (Å²) in [6.45, 7) is 7.03. The molecule has 4 nitrogen and oxygen atoms in total. The largest absolute Gasteiger partial charge is 0.444 e. The summed E-state index contributed by atoms with van der Waals surface area (Å²) in [5, 5.41) is 0.629. The molecule has 1 aliphatic rings. The predicted octanol–water partition coefficient (Wildman–Crippen LogP) is 5.44. The van der Waals surface area contributed by atoms with Crippen LogP contribution in [-0.4, -0.2) is 29.7 Å². The van der Waals surface area contributed by atoms with Crippen LogP contribution in [0.15, 0.2) is 42.5 Å². The lowest BCUT2D eigenvalue weighted by Gasteiger charge is -2.33. The third-order valence-electron chi connectivity index (χ3n) is 4.90. The number of nitrogens with two attached hydrogens (primary N) is 1. The van der Waals surface area contributed by atoms with Crippen molar-refractivity contribution >= 4 is 23.4 Å². The maximum absolute atomic E-state index is 12.3. The molecular weight excluding hydrogens is 384 g/mol. The monoisotopic (exact) mass is 410 g/mol. The number of amides is 1. The Hall–Kier alpha value is -2.64. The SMILES string of the molecule is CC(C)(C)OC(=O)N1CCC(c2ccc(N)c(C#Cc3ccccc3Cl)c2)CC1. The number of hydrogen-bond donors (Lipinski definition) is 1. The fraction of sp³-hybridized carbons (Fsp3) is 0.375. The summed E-state index contributed by atoms with van der Waals surface area (Å²) >= 11 is 6.19. The first-order valence-corrected chi connectivity index (χ1v) is 10.2. The minimum Gasteiger partial charge on any atom is -0.444 e. The van der Waals surface area contributed by atoms with Crippen molar-refractivity contribution in [3.63, 3.8) is 0 Å². The van der Waals surface area contributed by atoms with E-state index >= 15 is 0 Å². The van der Waals surface area contributed by atoms with E-state index < -0.39 is 5.60 Å². The van der Waals surface area contributed by atoms with E-state index in [2.05, 4.69) is 24.0 Å². The molecule has 0 unspecified atom stereocenters. The van der Waals surface area contributed by atoms with Gasteiger partial charge in [-0.2, -0.15) is 0 Å². The van der Waals surface area contributed by atoms with Gasteiger partial charge in [0, 0.05) is 29.9 Å². The minimum absolute atomic E-state index is 0.237. The highest BCUT2D eigenvalue weighted by Crippen LogP contribution is 2.30. The van der Waals surface area contributed by atoms with Crippen LogP contribution in [0.2, 0.25) is 5.02 Å². The third kappa shape index (κ3) is 5.68. The maximum Gasteiger partial charge on any atom is 0.410 e. The fourth-order valence-corrected chi connectivity index (χ4v) is 3.54. The van der Waals surface area contributed by atoms with Gasteiger partial charge in [-0.25, -0.2) is 4.79 Å². The second kappa shape index (κ2) is 8.80. The predicted molar refractivity (Wildman–Crippen MR) is 118 cm³/mol. The second-order valence-electron chi connectivity index (χ2n) is 8.32. The minimum atomic E-state index is -0.472. The molecule has 1 saturated heterocycles. The van der Waals surface area contributed by atoms with Crippen molar-refractivity contribution in [1.29, 1.82) is 0 Å². The first-order valence-electron chi connectivity index (χ1n) is 9.87. The van der Waals surface area contributed by atoms with Gasteiger partial charge in [-0.05, 0) is 69.4 Å². The highest BCUT2D eigenvalue weighted by molar-refractivity contribution is 6.31. The number of anilines is 1. The lowest BCUT2D eigenvalue weighted by molar-refractivity contribution is 0.0205. The number of likely N-dealkylation sites (tertiary alicyclic amines) is 1. The molecule has 0 saturated carbocycles. The standard InChI is InChI=1S/C24H27ClN2O2/c1-24(2,3)29-23(28)27-14-12-17(13-15-27)19-10-11-22(26)20(16-19)9-8-18-6-4-5-7-21(18)25/h4-7,10-11,16-17H,12-15,26H2,1-3H3. The van der Waals surface area contributed by atoms with Crippen molar-refractivity contribution in [2.75, 3.05) is 18.8 Å². The highest BCUT2D eigenvalue weighted by Gasteiger charge is 2.27. The zero-order valence-electron chi connectivity index (χ0n) is 17.2. The van der Waals surface area contributed by atoms with Crippen LogP contribution in [0.4, 0.5) is 10.5 Å². The van der Waals surface area contributed by atoms with Gasteiger partial charge in [-0.1, -0.05) is 41.6 Å². The van der Waals surface area contributed by atoms with Gasteiger partial charge in [0.25, 0.3) is 0 Å². The Bertz CT molecular complexity index is 945.